The zero-order chi connectivity index (χ0) is 21.8. The molecule has 5 heteroatoms. The summed E-state index contributed by atoms with van der Waals surface area (Å²) in [6.07, 6.45) is 0.989. The Kier molecular flexibility index (Phi) is 6.93. The number of fused-ring (bicyclic) bond motifs is 1. The first-order chi connectivity index (χ1) is 15.0. The summed E-state index contributed by atoms with van der Waals surface area (Å²) in [7, 11) is 0. The lowest BCUT2D eigenvalue weighted by molar-refractivity contribution is -0.134. The number of benzene rings is 2. The van der Waals surface area contributed by atoms with E-state index in [0.717, 1.165) is 51.4 Å². The predicted molar refractivity (Wildman–Crippen MR) is 125 cm³/mol. The molecule has 4 rings (SSSR count). The molecule has 1 fully saturated rings. The van der Waals surface area contributed by atoms with Gasteiger partial charge in [-0.2, -0.15) is 0 Å². The van der Waals surface area contributed by atoms with Crippen molar-refractivity contribution in [2.45, 2.75) is 39.8 Å². The minimum absolute atomic E-state index is 0.274. The van der Waals surface area contributed by atoms with Gasteiger partial charge in [-0.05, 0) is 61.6 Å². The number of nitrogens with zero attached hydrogens (tertiary/aromatic N) is 3. The number of carbonyl (C=O) groups excluding carboxylic acids is 1. The number of piperazine rings is 1. The second kappa shape index (κ2) is 9.84. The number of carbonyl (C=O) groups is 1. The van der Waals surface area contributed by atoms with Crippen molar-refractivity contribution in [1.29, 1.82) is 0 Å². The average molecular weight is 422 g/mol. The standard InChI is InChI=1S/C26H35N3O2/c1-4-31-25-7-5-6-21(17-25)22-8-9-24-18-27(11-10-23(24)16-22)19-26(30)29-14-12-28(13-15-29)20(2)3/h5-9,16-17,20H,4,10-15,18-19H2,1-3H3. The van der Waals surface area contributed by atoms with E-state index in [1.807, 2.05) is 24.0 Å². The van der Waals surface area contributed by atoms with Crippen LogP contribution in [0.2, 0.25) is 0 Å². The van der Waals surface area contributed by atoms with Gasteiger partial charge in [-0.15, -0.1) is 0 Å². The summed E-state index contributed by atoms with van der Waals surface area (Å²) in [6.45, 7) is 13.1. The second-order valence-corrected chi connectivity index (χ2v) is 8.92. The molecule has 0 radical (unpaired) electrons. The molecular weight excluding hydrogens is 386 g/mol. The molecule has 0 N–H and O–H groups in total. The largest absolute Gasteiger partial charge is 0.494 e. The van der Waals surface area contributed by atoms with Crippen LogP contribution in [-0.2, 0) is 17.8 Å². The van der Waals surface area contributed by atoms with Crippen LogP contribution in [-0.4, -0.2) is 72.5 Å². The lowest BCUT2D eigenvalue weighted by Gasteiger charge is -2.38. The molecule has 0 unspecified atom stereocenters. The molecule has 0 bridgehead atoms. The van der Waals surface area contributed by atoms with E-state index in [0.29, 0.717) is 19.2 Å². The molecule has 2 aromatic rings. The van der Waals surface area contributed by atoms with Gasteiger partial charge >= 0.3 is 0 Å². The molecule has 2 aromatic carbocycles. The van der Waals surface area contributed by atoms with Gasteiger partial charge in [-0.1, -0.05) is 30.3 Å². The van der Waals surface area contributed by atoms with Gasteiger partial charge in [-0.25, -0.2) is 0 Å². The normalized spacial score (nSPS) is 17.6. The van der Waals surface area contributed by atoms with Crippen molar-refractivity contribution in [1.82, 2.24) is 14.7 Å². The summed E-state index contributed by atoms with van der Waals surface area (Å²) in [6, 6.07) is 15.6. The van der Waals surface area contributed by atoms with Gasteiger partial charge in [0.1, 0.15) is 5.75 Å². The Labute approximate surface area is 186 Å². The van der Waals surface area contributed by atoms with E-state index >= 15 is 0 Å². The van der Waals surface area contributed by atoms with E-state index in [1.165, 1.54) is 22.3 Å². The molecule has 2 aliphatic heterocycles. The topological polar surface area (TPSA) is 36.0 Å². The average Bonchev–Trinajstić information content (AvgIpc) is 2.79. The number of hydrogen-bond donors (Lipinski definition) is 0. The van der Waals surface area contributed by atoms with E-state index < -0.39 is 0 Å². The Hall–Kier alpha value is -2.37. The van der Waals surface area contributed by atoms with Crippen LogP contribution >= 0.6 is 0 Å². The lowest BCUT2D eigenvalue weighted by Crippen LogP contribution is -2.53. The molecule has 31 heavy (non-hydrogen) atoms. The van der Waals surface area contributed by atoms with Gasteiger partial charge in [0.15, 0.2) is 0 Å². The minimum Gasteiger partial charge on any atom is -0.494 e. The number of hydrogen-bond acceptors (Lipinski definition) is 4. The predicted octanol–water partition coefficient (Wildman–Crippen LogP) is 3.66. The Morgan fingerprint density at radius 3 is 2.48 bits per heavy atom. The first-order valence-corrected chi connectivity index (χ1v) is 11.6. The van der Waals surface area contributed by atoms with Gasteiger partial charge in [-0.3, -0.25) is 14.6 Å². The maximum absolute atomic E-state index is 12.8. The van der Waals surface area contributed by atoms with Crippen molar-refractivity contribution in [3.8, 4) is 16.9 Å². The van der Waals surface area contributed by atoms with Crippen LogP contribution in [0, 0.1) is 0 Å². The number of ether oxygens (including phenoxy) is 1. The number of amides is 1. The maximum atomic E-state index is 12.8. The Balaban J connectivity index is 1.36. The molecule has 0 aliphatic carbocycles. The zero-order valence-electron chi connectivity index (χ0n) is 19.1. The van der Waals surface area contributed by atoms with Crippen LogP contribution in [0.1, 0.15) is 31.9 Å². The fraction of sp³-hybridized carbons (Fsp3) is 0.500. The van der Waals surface area contributed by atoms with Crippen molar-refractivity contribution in [2.75, 3.05) is 45.9 Å². The highest BCUT2D eigenvalue weighted by Crippen LogP contribution is 2.28. The molecule has 2 heterocycles. The molecular formula is C26H35N3O2. The Bertz CT molecular complexity index is 903. The third kappa shape index (κ3) is 5.28. The molecule has 5 nitrogen and oxygen atoms in total. The highest BCUT2D eigenvalue weighted by molar-refractivity contribution is 5.78. The van der Waals surface area contributed by atoms with Crippen molar-refractivity contribution in [3.05, 3.63) is 53.6 Å². The van der Waals surface area contributed by atoms with Gasteiger partial charge in [0.25, 0.3) is 0 Å². The fourth-order valence-corrected chi connectivity index (χ4v) is 4.64. The molecule has 1 amide bonds. The molecule has 166 valence electrons. The van der Waals surface area contributed by atoms with Gasteiger partial charge in [0.2, 0.25) is 5.91 Å². The van der Waals surface area contributed by atoms with Crippen molar-refractivity contribution < 1.29 is 9.53 Å². The van der Waals surface area contributed by atoms with Crippen LogP contribution in [0.25, 0.3) is 11.1 Å². The first kappa shape index (κ1) is 21.8. The lowest BCUT2D eigenvalue weighted by atomic mass is 9.94. The smallest absolute Gasteiger partial charge is 0.236 e. The minimum atomic E-state index is 0.274. The Morgan fingerprint density at radius 2 is 1.74 bits per heavy atom. The fourth-order valence-electron chi connectivity index (χ4n) is 4.64. The van der Waals surface area contributed by atoms with E-state index in [1.54, 1.807) is 0 Å². The summed E-state index contributed by atoms with van der Waals surface area (Å²) in [5.41, 5.74) is 5.15. The monoisotopic (exact) mass is 421 g/mol. The van der Waals surface area contributed by atoms with Crippen molar-refractivity contribution in [3.63, 3.8) is 0 Å². The molecule has 0 spiro atoms. The van der Waals surface area contributed by atoms with E-state index in [2.05, 4.69) is 54.0 Å². The molecule has 0 saturated carbocycles. The van der Waals surface area contributed by atoms with Crippen LogP contribution in [0.15, 0.2) is 42.5 Å². The van der Waals surface area contributed by atoms with Crippen molar-refractivity contribution >= 4 is 5.91 Å². The maximum Gasteiger partial charge on any atom is 0.236 e. The highest BCUT2D eigenvalue weighted by Gasteiger charge is 2.25. The highest BCUT2D eigenvalue weighted by atomic mass is 16.5. The Morgan fingerprint density at radius 1 is 0.968 bits per heavy atom. The van der Waals surface area contributed by atoms with Gasteiger partial charge < -0.3 is 9.64 Å². The molecule has 2 aliphatic rings. The summed E-state index contributed by atoms with van der Waals surface area (Å²) < 4.78 is 5.65. The third-order valence-electron chi connectivity index (χ3n) is 6.53. The zero-order valence-corrected chi connectivity index (χ0v) is 19.1. The molecule has 1 saturated heterocycles. The van der Waals surface area contributed by atoms with Crippen molar-refractivity contribution in [2.24, 2.45) is 0 Å². The van der Waals surface area contributed by atoms with E-state index in [-0.39, 0.29) is 5.91 Å². The van der Waals surface area contributed by atoms with Crippen LogP contribution in [0.5, 0.6) is 5.75 Å². The van der Waals surface area contributed by atoms with Crippen LogP contribution in [0.4, 0.5) is 0 Å². The van der Waals surface area contributed by atoms with Gasteiger partial charge in [0.05, 0.1) is 13.2 Å². The van der Waals surface area contributed by atoms with E-state index in [4.69, 9.17) is 4.74 Å². The second-order valence-electron chi connectivity index (χ2n) is 8.92. The van der Waals surface area contributed by atoms with E-state index in [9.17, 15) is 4.79 Å². The number of rotatable bonds is 6. The van der Waals surface area contributed by atoms with Gasteiger partial charge in [0, 0.05) is 45.3 Å². The summed E-state index contributed by atoms with van der Waals surface area (Å²) >= 11 is 0. The molecule has 0 atom stereocenters. The summed E-state index contributed by atoms with van der Waals surface area (Å²) in [5.74, 6) is 1.19. The summed E-state index contributed by atoms with van der Waals surface area (Å²) in [4.78, 5) is 19.6. The quantitative estimate of drug-likeness (QED) is 0.713. The third-order valence-corrected chi connectivity index (χ3v) is 6.53. The SMILES string of the molecule is CCOc1cccc(-c2ccc3c(c2)CCN(CC(=O)N2CCN(C(C)C)CC2)C3)c1. The van der Waals surface area contributed by atoms with Crippen LogP contribution < -0.4 is 4.74 Å². The van der Waals surface area contributed by atoms with Crippen LogP contribution in [0.3, 0.4) is 0 Å². The summed E-state index contributed by atoms with van der Waals surface area (Å²) in [5, 5.41) is 0. The first-order valence-electron chi connectivity index (χ1n) is 11.6. The molecule has 0 aromatic heterocycles.